The number of hydrogen-bond acceptors (Lipinski definition) is 4. The Labute approximate surface area is 115 Å². The third-order valence-electron chi connectivity index (χ3n) is 3.27. The molecule has 0 spiro atoms. The summed E-state index contributed by atoms with van der Waals surface area (Å²) in [4.78, 5) is 16.2. The molecule has 1 aromatic rings. The monoisotopic (exact) mass is 312 g/mol. The van der Waals surface area contributed by atoms with Gasteiger partial charge in [-0.1, -0.05) is 6.92 Å². The molecule has 1 aliphatic carbocycles. The number of carbonyl (C=O) groups excluding carboxylic acids is 1. The summed E-state index contributed by atoms with van der Waals surface area (Å²) in [6.07, 6.45) is 4.85. The van der Waals surface area contributed by atoms with Crippen LogP contribution in [0.4, 0.5) is 5.82 Å². The summed E-state index contributed by atoms with van der Waals surface area (Å²) >= 11 is 3.30. The third kappa shape index (κ3) is 3.00. The summed E-state index contributed by atoms with van der Waals surface area (Å²) < 4.78 is 0.756. The molecule has 0 radical (unpaired) electrons. The van der Waals surface area contributed by atoms with Gasteiger partial charge in [-0.15, -0.1) is 0 Å². The minimum Gasteiger partial charge on any atom is -0.349 e. The first-order valence-corrected chi connectivity index (χ1v) is 6.82. The van der Waals surface area contributed by atoms with Gasteiger partial charge >= 0.3 is 0 Å². The first kappa shape index (κ1) is 13.3. The van der Waals surface area contributed by atoms with Crippen LogP contribution in [0.5, 0.6) is 0 Å². The molecule has 0 aliphatic heterocycles. The van der Waals surface area contributed by atoms with Crippen LogP contribution in [0.25, 0.3) is 0 Å². The highest BCUT2D eigenvalue weighted by atomic mass is 79.9. The van der Waals surface area contributed by atoms with E-state index in [1.54, 1.807) is 12.3 Å². The summed E-state index contributed by atoms with van der Waals surface area (Å²) in [5.74, 6) is 6.31. The molecule has 0 bridgehead atoms. The van der Waals surface area contributed by atoms with Crippen molar-refractivity contribution in [1.29, 1.82) is 0 Å². The van der Waals surface area contributed by atoms with Gasteiger partial charge < -0.3 is 10.7 Å². The van der Waals surface area contributed by atoms with E-state index in [1.807, 2.05) is 0 Å². The fraction of sp³-hybridized carbons (Fsp3) is 0.500. The van der Waals surface area contributed by atoms with Crippen LogP contribution < -0.4 is 16.6 Å². The average Bonchev–Trinajstić information content (AvgIpc) is 2.74. The van der Waals surface area contributed by atoms with E-state index in [-0.39, 0.29) is 11.9 Å². The van der Waals surface area contributed by atoms with Crippen LogP contribution in [0.1, 0.15) is 36.5 Å². The largest absolute Gasteiger partial charge is 0.349 e. The summed E-state index contributed by atoms with van der Waals surface area (Å²) in [5.41, 5.74) is 2.91. The Morgan fingerprint density at radius 3 is 2.94 bits per heavy atom. The molecule has 1 aliphatic rings. The molecule has 0 aromatic carbocycles. The fourth-order valence-electron chi connectivity index (χ4n) is 2.33. The zero-order valence-corrected chi connectivity index (χ0v) is 11.8. The number of hydrazine groups is 1. The highest BCUT2D eigenvalue weighted by Gasteiger charge is 2.24. The number of pyridine rings is 1. The summed E-state index contributed by atoms with van der Waals surface area (Å²) in [5, 5.41) is 3.03. The second kappa shape index (κ2) is 5.67. The van der Waals surface area contributed by atoms with E-state index in [0.717, 1.165) is 17.3 Å². The Kier molecular flexibility index (Phi) is 4.19. The molecule has 98 valence electrons. The molecule has 2 unspecified atom stereocenters. The van der Waals surface area contributed by atoms with Crippen molar-refractivity contribution in [1.82, 2.24) is 10.3 Å². The van der Waals surface area contributed by atoms with Gasteiger partial charge in [-0.05, 0) is 47.2 Å². The van der Waals surface area contributed by atoms with E-state index in [2.05, 4.69) is 38.6 Å². The summed E-state index contributed by atoms with van der Waals surface area (Å²) in [6.45, 7) is 2.21. The Morgan fingerprint density at radius 2 is 2.33 bits per heavy atom. The highest BCUT2D eigenvalue weighted by Crippen LogP contribution is 2.25. The van der Waals surface area contributed by atoms with E-state index in [1.165, 1.54) is 6.42 Å². The maximum Gasteiger partial charge on any atom is 0.255 e. The topological polar surface area (TPSA) is 80.0 Å². The summed E-state index contributed by atoms with van der Waals surface area (Å²) in [6, 6.07) is 1.98. The predicted molar refractivity (Wildman–Crippen MR) is 74.0 cm³/mol. The van der Waals surface area contributed by atoms with Gasteiger partial charge in [0, 0.05) is 16.7 Å². The van der Waals surface area contributed by atoms with Crippen LogP contribution in [0.3, 0.4) is 0 Å². The zero-order valence-electron chi connectivity index (χ0n) is 10.2. The van der Waals surface area contributed by atoms with Crippen molar-refractivity contribution in [2.45, 2.75) is 32.2 Å². The van der Waals surface area contributed by atoms with Gasteiger partial charge in [0.15, 0.2) is 5.82 Å². The Hall–Kier alpha value is -1.14. The lowest BCUT2D eigenvalue weighted by Gasteiger charge is -2.14. The van der Waals surface area contributed by atoms with Crippen molar-refractivity contribution >= 4 is 27.7 Å². The minimum atomic E-state index is -0.129. The second-order valence-corrected chi connectivity index (χ2v) is 5.70. The number of rotatable bonds is 3. The lowest BCUT2D eigenvalue weighted by molar-refractivity contribution is 0.0937. The van der Waals surface area contributed by atoms with Gasteiger partial charge in [0.05, 0.1) is 5.56 Å². The SMILES string of the molecule is CC1CCC(NC(=O)c2cc(Br)cnc2NN)C1. The normalized spacial score (nSPS) is 22.8. The molecule has 4 N–H and O–H groups in total. The van der Waals surface area contributed by atoms with E-state index in [0.29, 0.717) is 17.3 Å². The first-order valence-electron chi connectivity index (χ1n) is 6.03. The van der Waals surface area contributed by atoms with Crippen molar-refractivity contribution in [3.63, 3.8) is 0 Å². The molecule has 18 heavy (non-hydrogen) atoms. The minimum absolute atomic E-state index is 0.129. The number of amides is 1. The Balaban J connectivity index is 2.10. The molecule has 6 heteroatoms. The smallest absolute Gasteiger partial charge is 0.255 e. The molecular weight excluding hydrogens is 296 g/mol. The molecule has 1 saturated carbocycles. The molecule has 1 fully saturated rings. The van der Waals surface area contributed by atoms with Gasteiger partial charge in [-0.3, -0.25) is 4.79 Å². The Bertz CT molecular complexity index is 452. The van der Waals surface area contributed by atoms with E-state index >= 15 is 0 Å². The lowest BCUT2D eigenvalue weighted by atomic mass is 10.1. The van der Waals surface area contributed by atoms with Crippen molar-refractivity contribution in [3.05, 3.63) is 22.3 Å². The Morgan fingerprint density at radius 1 is 1.56 bits per heavy atom. The van der Waals surface area contributed by atoms with Crippen LogP contribution in [-0.4, -0.2) is 16.9 Å². The number of anilines is 1. The van der Waals surface area contributed by atoms with Crippen molar-refractivity contribution < 1.29 is 4.79 Å². The third-order valence-corrected chi connectivity index (χ3v) is 3.70. The van der Waals surface area contributed by atoms with Gasteiger partial charge in [0.1, 0.15) is 0 Å². The van der Waals surface area contributed by atoms with Gasteiger partial charge in [0.25, 0.3) is 5.91 Å². The van der Waals surface area contributed by atoms with E-state index < -0.39 is 0 Å². The van der Waals surface area contributed by atoms with Crippen LogP contribution in [-0.2, 0) is 0 Å². The number of nitrogen functional groups attached to an aromatic ring is 1. The quantitative estimate of drug-likeness (QED) is 0.589. The number of nitrogens with zero attached hydrogens (tertiary/aromatic N) is 1. The van der Waals surface area contributed by atoms with Crippen LogP contribution in [0.15, 0.2) is 16.7 Å². The van der Waals surface area contributed by atoms with Crippen molar-refractivity contribution in [3.8, 4) is 0 Å². The maximum atomic E-state index is 12.2. The zero-order chi connectivity index (χ0) is 13.1. The number of halogens is 1. The summed E-state index contributed by atoms with van der Waals surface area (Å²) in [7, 11) is 0. The van der Waals surface area contributed by atoms with Crippen LogP contribution in [0.2, 0.25) is 0 Å². The van der Waals surface area contributed by atoms with Gasteiger partial charge in [-0.25, -0.2) is 10.8 Å². The molecular formula is C12H17BrN4O. The number of hydrogen-bond donors (Lipinski definition) is 3. The standard InChI is InChI=1S/C12H17BrN4O/c1-7-2-3-9(4-7)16-12(18)10-5-8(13)6-15-11(10)17-14/h5-7,9H,2-4,14H2,1H3,(H,15,17)(H,16,18). The highest BCUT2D eigenvalue weighted by molar-refractivity contribution is 9.10. The molecule has 0 saturated heterocycles. The first-order chi connectivity index (χ1) is 8.60. The number of aromatic nitrogens is 1. The lowest BCUT2D eigenvalue weighted by Crippen LogP contribution is -2.33. The van der Waals surface area contributed by atoms with Crippen LogP contribution >= 0.6 is 15.9 Å². The predicted octanol–water partition coefficient (Wildman–Crippen LogP) is 2.05. The van der Waals surface area contributed by atoms with Crippen molar-refractivity contribution in [2.24, 2.45) is 11.8 Å². The number of carbonyl (C=O) groups is 1. The van der Waals surface area contributed by atoms with Gasteiger partial charge in [0.2, 0.25) is 0 Å². The fourth-order valence-corrected chi connectivity index (χ4v) is 2.66. The number of nitrogens with two attached hydrogens (primary N) is 1. The molecule has 2 atom stereocenters. The molecule has 2 rings (SSSR count). The molecule has 1 amide bonds. The van der Waals surface area contributed by atoms with Crippen molar-refractivity contribution in [2.75, 3.05) is 5.43 Å². The van der Waals surface area contributed by atoms with E-state index in [9.17, 15) is 4.79 Å². The number of nitrogens with one attached hydrogen (secondary N) is 2. The molecule has 1 heterocycles. The van der Waals surface area contributed by atoms with Crippen LogP contribution in [0, 0.1) is 5.92 Å². The average molecular weight is 313 g/mol. The maximum absolute atomic E-state index is 12.2. The molecule has 5 nitrogen and oxygen atoms in total. The second-order valence-electron chi connectivity index (χ2n) is 4.78. The van der Waals surface area contributed by atoms with E-state index in [4.69, 9.17) is 5.84 Å². The molecule has 1 aromatic heterocycles. The van der Waals surface area contributed by atoms with Gasteiger partial charge in [-0.2, -0.15) is 0 Å².